The van der Waals surface area contributed by atoms with Gasteiger partial charge in [-0.1, -0.05) is 18.2 Å². The number of hydrogen-bond donors (Lipinski definition) is 1. The minimum atomic E-state index is -0.383. The number of halogens is 1. The van der Waals surface area contributed by atoms with E-state index in [1.807, 2.05) is 13.0 Å². The molecule has 0 aromatic heterocycles. The van der Waals surface area contributed by atoms with Crippen molar-refractivity contribution in [3.8, 4) is 0 Å². The van der Waals surface area contributed by atoms with Crippen LogP contribution in [-0.4, -0.2) is 11.5 Å². The van der Waals surface area contributed by atoms with Crippen LogP contribution in [0.1, 0.15) is 11.1 Å². The Morgan fingerprint density at radius 3 is 2.50 bits per heavy atom. The summed E-state index contributed by atoms with van der Waals surface area (Å²) in [5.41, 5.74) is 3.46. The summed E-state index contributed by atoms with van der Waals surface area (Å²) >= 11 is 3.52. The van der Waals surface area contributed by atoms with Crippen LogP contribution in [0.2, 0.25) is 0 Å². The van der Waals surface area contributed by atoms with Crippen molar-refractivity contribution in [1.82, 2.24) is 0 Å². The molecule has 4 nitrogen and oxygen atoms in total. The number of nitro benzene ring substituents is 1. The van der Waals surface area contributed by atoms with E-state index in [-0.39, 0.29) is 10.6 Å². The van der Waals surface area contributed by atoms with Gasteiger partial charge in [0.25, 0.3) is 5.69 Å². The first-order valence-electron chi connectivity index (χ1n) is 6.29. The summed E-state index contributed by atoms with van der Waals surface area (Å²) in [5.74, 6) is 0. The first-order valence-corrected chi connectivity index (χ1v) is 7.09. The molecule has 0 aliphatic rings. The lowest BCUT2D eigenvalue weighted by molar-refractivity contribution is -0.384. The lowest BCUT2D eigenvalue weighted by atomic mass is 10.1. The molecule has 0 aliphatic heterocycles. The molecule has 2 aromatic rings. The Labute approximate surface area is 126 Å². The minimum absolute atomic E-state index is 0.128. The molecule has 1 N–H and O–H groups in total. The minimum Gasteiger partial charge on any atom is -0.384 e. The third-order valence-corrected chi connectivity index (χ3v) is 3.66. The molecule has 2 rings (SSSR count). The number of nitrogens with zero attached hydrogens (tertiary/aromatic N) is 1. The van der Waals surface area contributed by atoms with Crippen molar-refractivity contribution >= 4 is 27.3 Å². The van der Waals surface area contributed by atoms with E-state index in [0.29, 0.717) is 0 Å². The largest absolute Gasteiger partial charge is 0.384 e. The van der Waals surface area contributed by atoms with Crippen LogP contribution in [0.5, 0.6) is 0 Å². The Morgan fingerprint density at radius 1 is 1.20 bits per heavy atom. The van der Waals surface area contributed by atoms with E-state index in [1.54, 1.807) is 12.1 Å². The highest BCUT2D eigenvalue weighted by molar-refractivity contribution is 9.10. The van der Waals surface area contributed by atoms with Gasteiger partial charge >= 0.3 is 0 Å². The molecule has 0 saturated heterocycles. The number of hydrogen-bond acceptors (Lipinski definition) is 3. The van der Waals surface area contributed by atoms with Crippen LogP contribution < -0.4 is 5.32 Å². The normalized spacial score (nSPS) is 10.3. The topological polar surface area (TPSA) is 55.2 Å². The van der Waals surface area contributed by atoms with Gasteiger partial charge in [0.1, 0.15) is 0 Å². The quantitative estimate of drug-likeness (QED) is 0.654. The molecule has 2 aromatic carbocycles. The first kappa shape index (κ1) is 14.5. The molecule has 0 radical (unpaired) electrons. The number of benzene rings is 2. The maximum Gasteiger partial charge on any atom is 0.269 e. The Kier molecular flexibility index (Phi) is 4.74. The average molecular weight is 335 g/mol. The fraction of sp³-hybridized carbons (Fsp3) is 0.200. The van der Waals surface area contributed by atoms with E-state index in [4.69, 9.17) is 0 Å². The average Bonchev–Trinajstić information content (AvgIpc) is 2.42. The SMILES string of the molecule is Cc1ccc(NCCc2ccc([N+](=O)[O-])cc2)c(Br)c1. The molecule has 0 atom stereocenters. The van der Waals surface area contributed by atoms with Crippen molar-refractivity contribution in [2.24, 2.45) is 0 Å². The Morgan fingerprint density at radius 2 is 1.90 bits per heavy atom. The van der Waals surface area contributed by atoms with Crippen molar-refractivity contribution < 1.29 is 4.92 Å². The zero-order valence-electron chi connectivity index (χ0n) is 11.1. The maximum absolute atomic E-state index is 10.6. The van der Waals surface area contributed by atoms with Crippen LogP contribution >= 0.6 is 15.9 Å². The lowest BCUT2D eigenvalue weighted by Gasteiger charge is -2.09. The molecular formula is C15H15BrN2O2. The summed E-state index contributed by atoms with van der Waals surface area (Å²) in [6.07, 6.45) is 0.818. The molecule has 5 heteroatoms. The van der Waals surface area contributed by atoms with Gasteiger partial charge in [-0.2, -0.15) is 0 Å². The Hall–Kier alpha value is -1.88. The smallest absolute Gasteiger partial charge is 0.269 e. The van der Waals surface area contributed by atoms with Crippen LogP contribution in [0.4, 0.5) is 11.4 Å². The molecule has 20 heavy (non-hydrogen) atoms. The highest BCUT2D eigenvalue weighted by Crippen LogP contribution is 2.23. The number of non-ortho nitro benzene ring substituents is 1. The van der Waals surface area contributed by atoms with Gasteiger partial charge in [0.15, 0.2) is 0 Å². The standard InChI is InChI=1S/C15H15BrN2O2/c1-11-2-7-15(14(16)10-11)17-9-8-12-3-5-13(6-4-12)18(19)20/h2-7,10,17H,8-9H2,1H3. The van der Waals surface area contributed by atoms with Crippen LogP contribution in [0.15, 0.2) is 46.9 Å². The lowest BCUT2D eigenvalue weighted by Crippen LogP contribution is -2.05. The summed E-state index contributed by atoms with van der Waals surface area (Å²) in [6, 6.07) is 12.8. The first-order chi connectivity index (χ1) is 9.56. The third kappa shape index (κ3) is 3.81. The second-order valence-electron chi connectivity index (χ2n) is 4.58. The molecular weight excluding hydrogens is 320 g/mol. The highest BCUT2D eigenvalue weighted by atomic mass is 79.9. The van der Waals surface area contributed by atoms with Crippen molar-refractivity contribution in [3.05, 3.63) is 68.2 Å². The van der Waals surface area contributed by atoms with Gasteiger partial charge in [0, 0.05) is 28.8 Å². The van der Waals surface area contributed by atoms with Gasteiger partial charge in [-0.05, 0) is 52.5 Å². The molecule has 0 aliphatic carbocycles. The predicted molar refractivity (Wildman–Crippen MR) is 84.2 cm³/mol. The maximum atomic E-state index is 10.6. The number of nitrogens with one attached hydrogen (secondary N) is 1. The van der Waals surface area contributed by atoms with Crippen LogP contribution in [0.25, 0.3) is 0 Å². The van der Waals surface area contributed by atoms with Crippen molar-refractivity contribution in [2.75, 3.05) is 11.9 Å². The highest BCUT2D eigenvalue weighted by Gasteiger charge is 2.04. The van der Waals surface area contributed by atoms with E-state index < -0.39 is 0 Å². The summed E-state index contributed by atoms with van der Waals surface area (Å²) in [6.45, 7) is 2.82. The summed E-state index contributed by atoms with van der Waals surface area (Å²) in [5, 5.41) is 13.9. The van der Waals surface area contributed by atoms with Crippen LogP contribution in [0, 0.1) is 17.0 Å². The van der Waals surface area contributed by atoms with Gasteiger partial charge in [-0.15, -0.1) is 0 Å². The molecule has 0 bridgehead atoms. The van der Waals surface area contributed by atoms with Crippen molar-refractivity contribution in [2.45, 2.75) is 13.3 Å². The summed E-state index contributed by atoms with van der Waals surface area (Å²) in [4.78, 5) is 10.2. The molecule has 0 amide bonds. The monoisotopic (exact) mass is 334 g/mol. The fourth-order valence-corrected chi connectivity index (χ4v) is 2.52. The number of rotatable bonds is 5. The van der Waals surface area contributed by atoms with E-state index in [1.165, 1.54) is 17.7 Å². The van der Waals surface area contributed by atoms with Gasteiger partial charge in [0.05, 0.1) is 4.92 Å². The van der Waals surface area contributed by atoms with Gasteiger partial charge < -0.3 is 5.32 Å². The summed E-state index contributed by atoms with van der Waals surface area (Å²) < 4.78 is 1.04. The molecule has 0 spiro atoms. The second-order valence-corrected chi connectivity index (χ2v) is 5.44. The number of anilines is 1. The van der Waals surface area contributed by atoms with Crippen molar-refractivity contribution in [3.63, 3.8) is 0 Å². The Balaban J connectivity index is 1.91. The van der Waals surface area contributed by atoms with E-state index in [9.17, 15) is 10.1 Å². The zero-order valence-corrected chi connectivity index (χ0v) is 12.7. The van der Waals surface area contributed by atoms with Crippen LogP contribution in [-0.2, 0) is 6.42 Å². The molecule has 0 saturated carbocycles. The van der Waals surface area contributed by atoms with Crippen LogP contribution in [0.3, 0.4) is 0 Å². The molecule has 0 heterocycles. The van der Waals surface area contributed by atoms with E-state index in [0.717, 1.165) is 28.7 Å². The second kappa shape index (κ2) is 6.52. The number of nitro groups is 1. The summed E-state index contributed by atoms with van der Waals surface area (Å²) in [7, 11) is 0. The Bertz CT molecular complexity index is 612. The van der Waals surface area contributed by atoms with E-state index >= 15 is 0 Å². The van der Waals surface area contributed by atoms with Crippen molar-refractivity contribution in [1.29, 1.82) is 0 Å². The predicted octanol–water partition coefficient (Wildman–Crippen LogP) is 4.32. The molecule has 104 valence electrons. The molecule has 0 unspecified atom stereocenters. The van der Waals surface area contributed by atoms with E-state index in [2.05, 4.69) is 33.4 Å². The third-order valence-electron chi connectivity index (χ3n) is 3.00. The van der Waals surface area contributed by atoms with Gasteiger partial charge in [-0.25, -0.2) is 0 Å². The number of aryl methyl sites for hydroxylation is 1. The molecule has 0 fully saturated rings. The zero-order chi connectivity index (χ0) is 14.5. The van der Waals surface area contributed by atoms with Gasteiger partial charge in [0.2, 0.25) is 0 Å². The van der Waals surface area contributed by atoms with Gasteiger partial charge in [-0.3, -0.25) is 10.1 Å². The fourth-order valence-electron chi connectivity index (χ4n) is 1.89.